The number of hydrogen-bond acceptors (Lipinski definition) is 0. The number of benzene rings is 2. The van der Waals surface area contributed by atoms with Gasteiger partial charge in [-0.3, -0.25) is 0 Å². The Morgan fingerprint density at radius 3 is 1.31 bits per heavy atom. The molecule has 3 heteroatoms. The molecule has 0 spiro atoms. The van der Waals surface area contributed by atoms with Crippen molar-refractivity contribution in [3.05, 3.63) is 57.5 Å². The topological polar surface area (TPSA) is 0 Å². The van der Waals surface area contributed by atoms with E-state index in [0.717, 1.165) is 8.95 Å². The molecule has 2 aromatic rings. The van der Waals surface area contributed by atoms with Crippen molar-refractivity contribution in [1.29, 1.82) is 0 Å². The Bertz CT molecular complexity index is 417. The highest BCUT2D eigenvalue weighted by molar-refractivity contribution is 9.10. The molecule has 16 heavy (non-hydrogen) atoms. The minimum absolute atomic E-state index is 1.00. The molecule has 0 atom stereocenters. The van der Waals surface area contributed by atoms with Crippen molar-refractivity contribution in [2.75, 3.05) is 0 Å². The van der Waals surface area contributed by atoms with Crippen molar-refractivity contribution in [2.45, 2.75) is 6.55 Å². The van der Waals surface area contributed by atoms with Gasteiger partial charge in [0.2, 0.25) is 0 Å². The molecule has 0 fully saturated rings. The van der Waals surface area contributed by atoms with Crippen LogP contribution < -0.4 is 10.4 Å². The van der Waals surface area contributed by atoms with Crippen LogP contribution in [0.3, 0.4) is 0 Å². The summed E-state index contributed by atoms with van der Waals surface area (Å²) in [4.78, 5) is 0. The SMILES string of the molecule is C[SiH](c1ccc(Br)cc1)c1ccc(Br)cc1. The Labute approximate surface area is 115 Å². The fraction of sp³-hybridized carbons (Fsp3) is 0.0769. The first-order valence-electron chi connectivity index (χ1n) is 5.18. The molecule has 0 aliphatic rings. The molecule has 0 unspecified atom stereocenters. The molecule has 2 aromatic carbocycles. The molecule has 0 radical (unpaired) electrons. The highest BCUT2D eigenvalue weighted by Crippen LogP contribution is 2.08. The van der Waals surface area contributed by atoms with E-state index in [1.807, 2.05) is 0 Å². The van der Waals surface area contributed by atoms with E-state index in [0.29, 0.717) is 0 Å². The minimum Gasteiger partial charge on any atom is -0.0642 e. The van der Waals surface area contributed by atoms with Gasteiger partial charge in [0.15, 0.2) is 0 Å². The van der Waals surface area contributed by atoms with E-state index < -0.39 is 8.80 Å². The summed E-state index contributed by atoms with van der Waals surface area (Å²) in [5.41, 5.74) is 0. The van der Waals surface area contributed by atoms with Gasteiger partial charge in [-0.05, 0) is 24.3 Å². The van der Waals surface area contributed by atoms with Crippen LogP contribution in [-0.4, -0.2) is 8.80 Å². The second kappa shape index (κ2) is 5.30. The van der Waals surface area contributed by atoms with E-state index in [1.165, 1.54) is 10.4 Å². The van der Waals surface area contributed by atoms with E-state index in [9.17, 15) is 0 Å². The zero-order valence-electron chi connectivity index (χ0n) is 8.95. The van der Waals surface area contributed by atoms with Gasteiger partial charge >= 0.3 is 0 Å². The van der Waals surface area contributed by atoms with E-state index >= 15 is 0 Å². The minimum atomic E-state index is -1.00. The van der Waals surface area contributed by atoms with Crippen molar-refractivity contribution in [2.24, 2.45) is 0 Å². The quantitative estimate of drug-likeness (QED) is 0.726. The summed E-state index contributed by atoms with van der Waals surface area (Å²) >= 11 is 6.94. The summed E-state index contributed by atoms with van der Waals surface area (Å²) in [6.45, 7) is 2.37. The zero-order valence-corrected chi connectivity index (χ0v) is 13.3. The average molecular weight is 356 g/mol. The van der Waals surface area contributed by atoms with Gasteiger partial charge in [0.1, 0.15) is 0 Å². The van der Waals surface area contributed by atoms with Gasteiger partial charge in [0.25, 0.3) is 0 Å². The smallest absolute Gasteiger partial charge is 0.0642 e. The molecule has 0 bridgehead atoms. The molecular formula is C13H12Br2Si. The molecule has 0 nitrogen and oxygen atoms in total. The van der Waals surface area contributed by atoms with Crippen molar-refractivity contribution >= 4 is 51.0 Å². The Kier molecular flexibility index (Phi) is 4.00. The van der Waals surface area contributed by atoms with Crippen LogP contribution in [0.25, 0.3) is 0 Å². The maximum atomic E-state index is 3.47. The standard InChI is InChI=1S/C13H12Br2Si/c1-16(12-6-2-10(14)3-7-12)13-8-4-11(15)5-9-13/h2-9,16H,1H3. The predicted molar refractivity (Wildman–Crippen MR) is 80.6 cm³/mol. The summed E-state index contributed by atoms with van der Waals surface area (Å²) in [6.07, 6.45) is 0. The van der Waals surface area contributed by atoms with Crippen molar-refractivity contribution in [3.8, 4) is 0 Å². The number of rotatable bonds is 2. The first-order valence-corrected chi connectivity index (χ1v) is 9.07. The predicted octanol–water partition coefficient (Wildman–Crippen LogP) is 3.18. The van der Waals surface area contributed by atoms with Crippen molar-refractivity contribution in [1.82, 2.24) is 0 Å². The van der Waals surface area contributed by atoms with Crippen LogP contribution in [0.5, 0.6) is 0 Å². The zero-order chi connectivity index (χ0) is 11.5. The summed E-state index contributed by atoms with van der Waals surface area (Å²) in [6, 6.07) is 17.4. The normalized spacial score (nSPS) is 10.8. The fourth-order valence-electron chi connectivity index (χ4n) is 1.70. The van der Waals surface area contributed by atoms with E-state index in [-0.39, 0.29) is 0 Å². The van der Waals surface area contributed by atoms with Crippen LogP contribution in [0, 0.1) is 0 Å². The fourth-order valence-corrected chi connectivity index (χ4v) is 4.15. The van der Waals surface area contributed by atoms with Crippen LogP contribution in [0.2, 0.25) is 6.55 Å². The maximum absolute atomic E-state index is 3.47. The molecule has 0 N–H and O–H groups in total. The van der Waals surface area contributed by atoms with E-state index in [1.54, 1.807) is 0 Å². The maximum Gasteiger partial charge on any atom is 0.0997 e. The van der Waals surface area contributed by atoms with Gasteiger partial charge < -0.3 is 0 Å². The van der Waals surface area contributed by atoms with Crippen LogP contribution >= 0.6 is 31.9 Å². The molecule has 0 saturated carbocycles. The summed E-state index contributed by atoms with van der Waals surface area (Å²) in [5, 5.41) is 2.95. The monoisotopic (exact) mass is 354 g/mol. The lowest BCUT2D eigenvalue weighted by Gasteiger charge is -2.11. The van der Waals surface area contributed by atoms with Crippen LogP contribution in [-0.2, 0) is 0 Å². The molecule has 0 aliphatic heterocycles. The number of halogens is 2. The molecule has 0 saturated heterocycles. The largest absolute Gasteiger partial charge is 0.0997 e. The molecule has 0 aliphatic carbocycles. The second-order valence-corrected chi connectivity index (χ2v) is 8.43. The van der Waals surface area contributed by atoms with Crippen LogP contribution in [0.15, 0.2) is 57.5 Å². The molecular weight excluding hydrogens is 344 g/mol. The van der Waals surface area contributed by atoms with Gasteiger partial charge in [-0.25, -0.2) is 0 Å². The summed E-state index contributed by atoms with van der Waals surface area (Å²) in [5.74, 6) is 0. The first-order chi connectivity index (χ1) is 7.66. The molecule has 0 aromatic heterocycles. The average Bonchev–Trinajstić information content (AvgIpc) is 2.30. The molecule has 0 heterocycles. The first kappa shape index (κ1) is 12.1. The summed E-state index contributed by atoms with van der Waals surface area (Å²) in [7, 11) is -1.00. The second-order valence-electron chi connectivity index (χ2n) is 3.82. The van der Waals surface area contributed by atoms with Crippen LogP contribution in [0.4, 0.5) is 0 Å². The Morgan fingerprint density at radius 1 is 0.688 bits per heavy atom. The molecule has 2 rings (SSSR count). The van der Waals surface area contributed by atoms with E-state index in [4.69, 9.17) is 0 Å². The Balaban J connectivity index is 2.28. The lowest BCUT2D eigenvalue weighted by molar-refractivity contribution is 1.66. The van der Waals surface area contributed by atoms with Gasteiger partial charge in [0.05, 0.1) is 8.80 Å². The third-order valence-electron chi connectivity index (χ3n) is 2.74. The Morgan fingerprint density at radius 2 is 1.00 bits per heavy atom. The summed E-state index contributed by atoms with van der Waals surface area (Å²) < 4.78 is 2.29. The third kappa shape index (κ3) is 2.84. The van der Waals surface area contributed by atoms with Crippen molar-refractivity contribution < 1.29 is 0 Å². The van der Waals surface area contributed by atoms with Gasteiger partial charge in [-0.2, -0.15) is 0 Å². The van der Waals surface area contributed by atoms with Gasteiger partial charge in [-0.15, -0.1) is 0 Å². The van der Waals surface area contributed by atoms with Gasteiger partial charge in [0, 0.05) is 8.95 Å². The molecule has 0 amide bonds. The third-order valence-corrected chi connectivity index (χ3v) is 6.57. The van der Waals surface area contributed by atoms with Crippen molar-refractivity contribution in [3.63, 3.8) is 0 Å². The lowest BCUT2D eigenvalue weighted by atomic mass is 10.4. The Hall–Kier alpha value is -0.383. The molecule has 82 valence electrons. The lowest BCUT2D eigenvalue weighted by Crippen LogP contribution is -2.38. The van der Waals surface area contributed by atoms with Crippen LogP contribution in [0.1, 0.15) is 0 Å². The van der Waals surface area contributed by atoms with Gasteiger partial charge in [-0.1, -0.05) is 73.0 Å². The highest BCUT2D eigenvalue weighted by atomic mass is 79.9. The number of hydrogen-bond donors (Lipinski definition) is 0. The van der Waals surface area contributed by atoms with E-state index in [2.05, 4.69) is 86.9 Å². The highest BCUT2D eigenvalue weighted by Gasteiger charge is 2.09.